The molecule has 0 amide bonds. The minimum absolute atomic E-state index is 0.108. The van der Waals surface area contributed by atoms with Crippen LogP contribution in [0.15, 0.2) is 65.8 Å². The van der Waals surface area contributed by atoms with E-state index >= 15 is 0 Å². The van der Waals surface area contributed by atoms with Gasteiger partial charge in [-0.1, -0.05) is 30.3 Å². The first-order chi connectivity index (χ1) is 11.5. The molecule has 3 rings (SSSR count). The van der Waals surface area contributed by atoms with Crippen LogP contribution in [0.1, 0.15) is 11.4 Å². The van der Waals surface area contributed by atoms with Gasteiger partial charge >= 0.3 is 0 Å². The molecule has 0 atom stereocenters. The van der Waals surface area contributed by atoms with Gasteiger partial charge in [-0.3, -0.25) is 8.99 Å². The Morgan fingerprint density at radius 3 is 2.46 bits per heavy atom. The number of sulfonamides is 1. The van der Waals surface area contributed by atoms with Gasteiger partial charge in [0.15, 0.2) is 0 Å². The number of benzene rings is 2. The van der Waals surface area contributed by atoms with E-state index in [1.165, 1.54) is 10.6 Å². The molecule has 124 valence electrons. The predicted octanol–water partition coefficient (Wildman–Crippen LogP) is 2.52. The summed E-state index contributed by atoms with van der Waals surface area (Å²) < 4.78 is 29.3. The predicted molar refractivity (Wildman–Crippen MR) is 92.0 cm³/mol. The van der Waals surface area contributed by atoms with Gasteiger partial charge in [-0.25, -0.2) is 13.4 Å². The van der Waals surface area contributed by atoms with Crippen LogP contribution in [0.25, 0.3) is 0 Å². The summed E-state index contributed by atoms with van der Waals surface area (Å²) in [5, 5.41) is 4.02. The van der Waals surface area contributed by atoms with Crippen LogP contribution < -0.4 is 4.31 Å². The first kappa shape index (κ1) is 16.2. The topological polar surface area (TPSA) is 68.1 Å². The summed E-state index contributed by atoms with van der Waals surface area (Å²) in [6, 6.07) is 15.9. The van der Waals surface area contributed by atoms with Crippen LogP contribution in [0, 0.1) is 6.92 Å². The molecule has 0 N–H and O–H groups in total. The van der Waals surface area contributed by atoms with Crippen molar-refractivity contribution in [3.05, 3.63) is 72.3 Å². The van der Waals surface area contributed by atoms with Crippen molar-refractivity contribution in [3.8, 4) is 0 Å². The number of hydrogen-bond acceptors (Lipinski definition) is 4. The maximum atomic E-state index is 13.2. The Labute approximate surface area is 141 Å². The Morgan fingerprint density at radius 2 is 1.83 bits per heavy atom. The Balaban J connectivity index is 2.09. The number of hydrogen-bond donors (Lipinski definition) is 0. The molecular weight excluding hydrogens is 324 g/mol. The lowest BCUT2D eigenvalue weighted by molar-refractivity contribution is 0.587. The zero-order valence-electron chi connectivity index (χ0n) is 13.5. The monoisotopic (exact) mass is 342 g/mol. The normalized spacial score (nSPS) is 11.4. The molecule has 1 aromatic heterocycles. The van der Waals surface area contributed by atoms with Gasteiger partial charge in [0, 0.05) is 7.05 Å². The molecule has 1 heterocycles. The third kappa shape index (κ3) is 3.16. The van der Waals surface area contributed by atoms with Crippen molar-refractivity contribution in [2.75, 3.05) is 4.31 Å². The molecule has 0 radical (unpaired) electrons. The van der Waals surface area contributed by atoms with Crippen LogP contribution in [0.3, 0.4) is 0 Å². The molecule has 24 heavy (non-hydrogen) atoms. The van der Waals surface area contributed by atoms with Crippen LogP contribution in [-0.4, -0.2) is 23.2 Å². The van der Waals surface area contributed by atoms with Gasteiger partial charge < -0.3 is 0 Å². The van der Waals surface area contributed by atoms with E-state index in [1.807, 2.05) is 31.2 Å². The average molecular weight is 342 g/mol. The molecule has 0 saturated carbocycles. The second kappa shape index (κ2) is 6.45. The Kier molecular flexibility index (Phi) is 4.35. The molecule has 7 heteroatoms. The lowest BCUT2D eigenvalue weighted by Crippen LogP contribution is -2.31. The first-order valence-corrected chi connectivity index (χ1v) is 8.90. The summed E-state index contributed by atoms with van der Waals surface area (Å²) in [6.07, 6.45) is 1.41. The largest absolute Gasteiger partial charge is 0.264 e. The van der Waals surface area contributed by atoms with E-state index in [9.17, 15) is 8.42 Å². The quantitative estimate of drug-likeness (QED) is 0.714. The molecule has 0 unspecified atom stereocenters. The number of nitrogens with zero attached hydrogens (tertiary/aromatic N) is 4. The average Bonchev–Trinajstić information content (AvgIpc) is 2.98. The summed E-state index contributed by atoms with van der Waals surface area (Å²) >= 11 is 0. The van der Waals surface area contributed by atoms with Crippen molar-refractivity contribution in [1.82, 2.24) is 14.8 Å². The molecule has 0 bridgehead atoms. The standard InChI is InChI=1S/C17H18N4O2S/c1-14-7-6-10-16(11-14)24(22,23)21(15-8-4-3-5-9-15)12-17-18-13-19-20(17)2/h3-11,13H,12H2,1-2H3. The second-order valence-electron chi connectivity index (χ2n) is 5.46. The zero-order chi connectivity index (χ0) is 17.2. The molecule has 0 fully saturated rings. The Morgan fingerprint density at radius 1 is 1.08 bits per heavy atom. The van der Waals surface area contributed by atoms with E-state index in [-0.39, 0.29) is 11.4 Å². The fourth-order valence-electron chi connectivity index (χ4n) is 2.40. The van der Waals surface area contributed by atoms with Crippen LogP contribution in [-0.2, 0) is 23.6 Å². The third-order valence-electron chi connectivity index (χ3n) is 3.71. The minimum atomic E-state index is -3.72. The number of para-hydroxylation sites is 1. The molecule has 3 aromatic rings. The third-order valence-corrected chi connectivity index (χ3v) is 5.48. The highest BCUT2D eigenvalue weighted by Crippen LogP contribution is 2.25. The van der Waals surface area contributed by atoms with Gasteiger partial charge in [0.1, 0.15) is 12.2 Å². The summed E-state index contributed by atoms with van der Waals surface area (Å²) in [4.78, 5) is 4.41. The van der Waals surface area contributed by atoms with E-state index in [1.54, 1.807) is 42.1 Å². The van der Waals surface area contributed by atoms with Crippen LogP contribution in [0.2, 0.25) is 0 Å². The summed E-state index contributed by atoms with van der Waals surface area (Å²) in [5.74, 6) is 0.565. The van der Waals surface area contributed by atoms with E-state index in [0.717, 1.165) is 5.56 Å². The molecule has 6 nitrogen and oxygen atoms in total. The van der Waals surface area contributed by atoms with Crippen molar-refractivity contribution < 1.29 is 8.42 Å². The smallest absolute Gasteiger partial charge is 0.259 e. The minimum Gasteiger partial charge on any atom is -0.259 e. The van der Waals surface area contributed by atoms with Crippen molar-refractivity contribution in [2.45, 2.75) is 18.4 Å². The fourth-order valence-corrected chi connectivity index (χ4v) is 3.93. The maximum absolute atomic E-state index is 13.2. The van der Waals surface area contributed by atoms with Crippen LogP contribution in [0.5, 0.6) is 0 Å². The molecule has 0 saturated heterocycles. The molecule has 0 spiro atoms. The Hall–Kier alpha value is -2.67. The molecular formula is C17H18N4O2S. The van der Waals surface area contributed by atoms with E-state index in [4.69, 9.17) is 0 Å². The lowest BCUT2D eigenvalue weighted by Gasteiger charge is -2.24. The van der Waals surface area contributed by atoms with Gasteiger partial charge in [0.2, 0.25) is 0 Å². The molecule has 2 aromatic carbocycles. The number of aryl methyl sites for hydroxylation is 2. The zero-order valence-corrected chi connectivity index (χ0v) is 14.3. The van der Waals surface area contributed by atoms with Gasteiger partial charge in [-0.15, -0.1) is 0 Å². The highest BCUT2D eigenvalue weighted by molar-refractivity contribution is 7.92. The van der Waals surface area contributed by atoms with Crippen molar-refractivity contribution in [1.29, 1.82) is 0 Å². The second-order valence-corrected chi connectivity index (χ2v) is 7.33. The van der Waals surface area contributed by atoms with E-state index < -0.39 is 10.0 Å². The van der Waals surface area contributed by atoms with Crippen LogP contribution in [0.4, 0.5) is 5.69 Å². The molecule has 0 aliphatic heterocycles. The highest BCUT2D eigenvalue weighted by atomic mass is 32.2. The maximum Gasteiger partial charge on any atom is 0.264 e. The SMILES string of the molecule is Cc1cccc(S(=O)(=O)N(Cc2ncnn2C)c2ccccc2)c1. The molecule has 0 aliphatic carbocycles. The number of anilines is 1. The number of aromatic nitrogens is 3. The van der Waals surface area contributed by atoms with Gasteiger partial charge in [-0.2, -0.15) is 5.10 Å². The van der Waals surface area contributed by atoms with Crippen LogP contribution >= 0.6 is 0 Å². The van der Waals surface area contributed by atoms with Gasteiger partial charge in [0.05, 0.1) is 17.1 Å². The summed E-state index contributed by atoms with van der Waals surface area (Å²) in [6.45, 7) is 1.98. The Bertz CT molecular complexity index is 936. The summed E-state index contributed by atoms with van der Waals surface area (Å²) in [5.41, 5.74) is 1.48. The van der Waals surface area contributed by atoms with Crippen molar-refractivity contribution in [3.63, 3.8) is 0 Å². The van der Waals surface area contributed by atoms with Crippen molar-refractivity contribution >= 4 is 15.7 Å². The first-order valence-electron chi connectivity index (χ1n) is 7.46. The fraction of sp³-hybridized carbons (Fsp3) is 0.176. The lowest BCUT2D eigenvalue weighted by atomic mass is 10.2. The highest BCUT2D eigenvalue weighted by Gasteiger charge is 2.26. The molecule has 0 aliphatic rings. The van der Waals surface area contributed by atoms with E-state index in [2.05, 4.69) is 10.1 Å². The van der Waals surface area contributed by atoms with E-state index in [0.29, 0.717) is 11.5 Å². The van der Waals surface area contributed by atoms with Crippen molar-refractivity contribution in [2.24, 2.45) is 7.05 Å². The van der Waals surface area contributed by atoms with Gasteiger partial charge in [-0.05, 0) is 36.8 Å². The van der Waals surface area contributed by atoms with Gasteiger partial charge in [0.25, 0.3) is 10.0 Å². The summed E-state index contributed by atoms with van der Waals surface area (Å²) in [7, 11) is -1.98. The number of rotatable bonds is 5.